The predicted octanol–water partition coefficient (Wildman–Crippen LogP) is 3.08. The number of nitrogens with zero attached hydrogens (tertiary/aromatic N) is 1. The van der Waals surface area contributed by atoms with Gasteiger partial charge in [0.05, 0.1) is 6.04 Å². The summed E-state index contributed by atoms with van der Waals surface area (Å²) in [5, 5.41) is 6.12. The van der Waals surface area contributed by atoms with Crippen molar-refractivity contribution in [2.75, 3.05) is 24.7 Å². The molecule has 1 saturated heterocycles. The van der Waals surface area contributed by atoms with Gasteiger partial charge in [-0.3, -0.25) is 4.79 Å². The first-order chi connectivity index (χ1) is 13.8. The minimum Gasteiger partial charge on any atom is -0.486 e. The summed E-state index contributed by atoms with van der Waals surface area (Å²) in [6.07, 6.45) is 3.48. The van der Waals surface area contributed by atoms with Crippen molar-refractivity contribution >= 4 is 17.6 Å². The summed E-state index contributed by atoms with van der Waals surface area (Å²) in [6.45, 7) is 8.26. The molecule has 1 aliphatic carbocycles. The number of nitrogens with one attached hydrogen (secondary N) is 2. The number of urea groups is 1. The second-order valence-electron chi connectivity index (χ2n) is 9.46. The van der Waals surface area contributed by atoms with Crippen LogP contribution in [0.25, 0.3) is 0 Å². The predicted molar refractivity (Wildman–Crippen MR) is 110 cm³/mol. The topological polar surface area (TPSA) is 79.9 Å². The number of ether oxygens (including phenoxy) is 2. The van der Waals surface area contributed by atoms with Gasteiger partial charge in [-0.15, -0.1) is 0 Å². The Labute approximate surface area is 172 Å². The molecule has 0 unspecified atom stereocenters. The van der Waals surface area contributed by atoms with Gasteiger partial charge >= 0.3 is 6.03 Å². The lowest BCUT2D eigenvalue weighted by atomic mass is 9.71. The van der Waals surface area contributed by atoms with Crippen molar-refractivity contribution in [3.63, 3.8) is 0 Å². The van der Waals surface area contributed by atoms with E-state index in [1.807, 2.05) is 18.2 Å². The average molecular weight is 402 g/mol. The molecule has 1 aromatic carbocycles. The van der Waals surface area contributed by atoms with Gasteiger partial charge in [0.2, 0.25) is 5.91 Å². The van der Waals surface area contributed by atoms with Crippen LogP contribution in [0.3, 0.4) is 0 Å². The van der Waals surface area contributed by atoms with Crippen LogP contribution in [0.5, 0.6) is 11.5 Å². The number of carbonyl (C=O) groups is 2. The highest BCUT2D eigenvalue weighted by molar-refractivity contribution is 5.97. The van der Waals surface area contributed by atoms with Crippen molar-refractivity contribution in [3.8, 4) is 11.5 Å². The monoisotopic (exact) mass is 401 g/mol. The van der Waals surface area contributed by atoms with Crippen LogP contribution < -0.4 is 25.0 Å². The highest BCUT2D eigenvalue weighted by atomic mass is 16.6. The number of carbonyl (C=O) groups excluding carboxylic acids is 2. The van der Waals surface area contributed by atoms with Crippen molar-refractivity contribution in [3.05, 3.63) is 18.2 Å². The molecule has 0 radical (unpaired) electrons. The van der Waals surface area contributed by atoms with Crippen molar-refractivity contribution in [1.29, 1.82) is 0 Å². The molecule has 2 N–H and O–H groups in total. The molecule has 7 heteroatoms. The largest absolute Gasteiger partial charge is 0.486 e. The zero-order valence-corrected chi connectivity index (χ0v) is 17.5. The van der Waals surface area contributed by atoms with Crippen LogP contribution >= 0.6 is 0 Å². The molecule has 3 amide bonds. The van der Waals surface area contributed by atoms with E-state index in [0.717, 1.165) is 18.5 Å². The van der Waals surface area contributed by atoms with Gasteiger partial charge in [-0.2, -0.15) is 0 Å². The maximum atomic E-state index is 12.5. The van der Waals surface area contributed by atoms with E-state index in [0.29, 0.717) is 43.6 Å². The number of hydrogen-bond donors (Lipinski definition) is 2. The Morgan fingerprint density at radius 2 is 1.83 bits per heavy atom. The molecule has 7 nitrogen and oxygen atoms in total. The fourth-order valence-corrected chi connectivity index (χ4v) is 5.12. The Hall–Kier alpha value is -2.44. The lowest BCUT2D eigenvalue weighted by Gasteiger charge is -2.39. The van der Waals surface area contributed by atoms with E-state index in [-0.39, 0.29) is 29.4 Å². The standard InChI is InChI=1S/C22H31N3O4/c1-14-8-15(12-22(2,3)11-14)23-21(27)24-16-9-20(26)25(13-16)17-4-5-18-19(10-17)29-7-6-28-18/h4-5,10,14-16H,6-9,11-13H2,1-3H3,(H2,23,24,27)/t14-,15-,16-/m1/s1. The Kier molecular flexibility index (Phi) is 5.32. The Morgan fingerprint density at radius 1 is 1.10 bits per heavy atom. The van der Waals surface area contributed by atoms with Gasteiger partial charge in [0.25, 0.3) is 0 Å². The van der Waals surface area contributed by atoms with E-state index >= 15 is 0 Å². The molecule has 158 valence electrons. The molecule has 2 aliphatic heterocycles. The molecule has 2 heterocycles. The van der Waals surface area contributed by atoms with Crippen molar-refractivity contribution in [2.45, 2.75) is 58.5 Å². The van der Waals surface area contributed by atoms with E-state index < -0.39 is 0 Å². The zero-order valence-electron chi connectivity index (χ0n) is 17.5. The van der Waals surface area contributed by atoms with Gasteiger partial charge in [0.15, 0.2) is 11.5 Å². The van der Waals surface area contributed by atoms with Gasteiger partial charge in [-0.05, 0) is 42.7 Å². The fraction of sp³-hybridized carbons (Fsp3) is 0.636. The third-order valence-corrected chi connectivity index (χ3v) is 6.02. The Balaban J connectivity index is 1.34. The van der Waals surface area contributed by atoms with Gasteiger partial charge < -0.3 is 25.0 Å². The highest BCUT2D eigenvalue weighted by Gasteiger charge is 2.35. The maximum absolute atomic E-state index is 12.5. The molecular formula is C22H31N3O4. The van der Waals surface area contributed by atoms with Crippen LogP contribution in [-0.2, 0) is 4.79 Å². The minimum atomic E-state index is -0.204. The summed E-state index contributed by atoms with van der Waals surface area (Å²) < 4.78 is 11.2. The maximum Gasteiger partial charge on any atom is 0.315 e. The van der Waals surface area contributed by atoms with Crippen molar-refractivity contribution < 1.29 is 19.1 Å². The average Bonchev–Trinajstić information content (AvgIpc) is 2.99. The molecule has 1 saturated carbocycles. The second kappa shape index (κ2) is 7.76. The van der Waals surface area contributed by atoms with Crippen LogP contribution in [0, 0.1) is 11.3 Å². The van der Waals surface area contributed by atoms with Crippen molar-refractivity contribution in [2.24, 2.45) is 11.3 Å². The summed E-state index contributed by atoms with van der Waals surface area (Å²) >= 11 is 0. The number of amides is 3. The van der Waals surface area contributed by atoms with E-state index in [1.165, 1.54) is 6.42 Å². The first-order valence-electron chi connectivity index (χ1n) is 10.6. The van der Waals surface area contributed by atoms with Crippen LogP contribution in [-0.4, -0.2) is 43.8 Å². The van der Waals surface area contributed by atoms with E-state index in [2.05, 4.69) is 31.4 Å². The van der Waals surface area contributed by atoms with E-state index in [9.17, 15) is 9.59 Å². The quantitative estimate of drug-likeness (QED) is 0.816. The molecule has 0 spiro atoms. The first kappa shape index (κ1) is 19.9. The minimum absolute atomic E-state index is 0.000556. The summed E-state index contributed by atoms with van der Waals surface area (Å²) in [4.78, 5) is 26.8. The number of anilines is 1. The molecule has 4 rings (SSSR count). The summed E-state index contributed by atoms with van der Waals surface area (Å²) in [5.74, 6) is 1.96. The van der Waals surface area contributed by atoms with E-state index in [4.69, 9.17) is 9.47 Å². The molecule has 1 aromatic rings. The van der Waals surface area contributed by atoms with Gasteiger partial charge in [0.1, 0.15) is 13.2 Å². The molecule has 3 aliphatic rings. The molecule has 0 aromatic heterocycles. The molecular weight excluding hydrogens is 370 g/mol. The smallest absolute Gasteiger partial charge is 0.315 e. The first-order valence-corrected chi connectivity index (χ1v) is 10.6. The zero-order chi connectivity index (χ0) is 20.6. The Morgan fingerprint density at radius 3 is 2.59 bits per heavy atom. The van der Waals surface area contributed by atoms with Crippen LogP contribution in [0.1, 0.15) is 46.5 Å². The van der Waals surface area contributed by atoms with Gasteiger partial charge in [0, 0.05) is 30.8 Å². The lowest BCUT2D eigenvalue weighted by molar-refractivity contribution is -0.117. The summed E-state index contributed by atoms with van der Waals surface area (Å²) in [5.41, 5.74) is 1.01. The molecule has 2 fully saturated rings. The molecule has 29 heavy (non-hydrogen) atoms. The van der Waals surface area contributed by atoms with Crippen molar-refractivity contribution in [1.82, 2.24) is 10.6 Å². The normalized spacial score (nSPS) is 28.2. The Bertz CT molecular complexity index is 794. The lowest BCUT2D eigenvalue weighted by Crippen LogP contribution is -2.50. The van der Waals surface area contributed by atoms with Crippen LogP contribution in [0.4, 0.5) is 10.5 Å². The number of rotatable bonds is 3. The number of hydrogen-bond acceptors (Lipinski definition) is 4. The molecule has 0 bridgehead atoms. The van der Waals surface area contributed by atoms with Crippen LogP contribution in [0.15, 0.2) is 18.2 Å². The highest BCUT2D eigenvalue weighted by Crippen LogP contribution is 2.38. The third-order valence-electron chi connectivity index (χ3n) is 6.02. The number of benzene rings is 1. The summed E-state index contributed by atoms with van der Waals surface area (Å²) in [7, 11) is 0. The van der Waals surface area contributed by atoms with Gasteiger partial charge in [-0.25, -0.2) is 4.79 Å². The third kappa shape index (κ3) is 4.60. The fourth-order valence-electron chi connectivity index (χ4n) is 5.12. The number of fused-ring (bicyclic) bond motifs is 1. The summed E-state index contributed by atoms with van der Waals surface area (Å²) in [6, 6.07) is 5.32. The second-order valence-corrected chi connectivity index (χ2v) is 9.46. The van der Waals surface area contributed by atoms with Gasteiger partial charge in [-0.1, -0.05) is 20.8 Å². The SMILES string of the molecule is C[C@@H]1C[C@@H](NC(=O)N[C@@H]2CC(=O)N(c3ccc4c(c3)OCCO4)C2)CC(C)(C)C1. The van der Waals surface area contributed by atoms with Crippen LogP contribution in [0.2, 0.25) is 0 Å². The molecule has 3 atom stereocenters. The van der Waals surface area contributed by atoms with E-state index in [1.54, 1.807) is 4.90 Å².